The Morgan fingerprint density at radius 2 is 2.09 bits per heavy atom. The second-order valence-corrected chi connectivity index (χ2v) is 8.62. The Labute approximate surface area is 192 Å². The zero-order chi connectivity index (χ0) is 23.6. The number of aromatic hydroxyl groups is 1. The van der Waals surface area contributed by atoms with Gasteiger partial charge in [-0.1, -0.05) is 0 Å². The van der Waals surface area contributed by atoms with Crippen LogP contribution >= 0.6 is 0 Å². The first kappa shape index (κ1) is 20.2. The molecule has 3 N–H and O–H groups in total. The third-order valence-electron chi connectivity index (χ3n) is 6.21. The molecule has 6 rings (SSSR count). The lowest BCUT2D eigenvalue weighted by molar-refractivity contribution is 0.454. The number of rotatable bonds is 4. The number of aromatic amines is 2. The second-order valence-electron chi connectivity index (χ2n) is 8.62. The summed E-state index contributed by atoms with van der Waals surface area (Å²) in [6.07, 6.45) is 5.40. The Kier molecular flexibility index (Phi) is 4.34. The molecule has 1 saturated carbocycles. The monoisotopic (exact) mass is 457 g/mol. The van der Waals surface area contributed by atoms with Crippen LogP contribution in [0.25, 0.3) is 22.6 Å². The molecule has 11 nitrogen and oxygen atoms in total. The lowest BCUT2D eigenvalue weighted by atomic mass is 10.2. The van der Waals surface area contributed by atoms with Crippen molar-refractivity contribution in [1.29, 1.82) is 0 Å². The van der Waals surface area contributed by atoms with E-state index in [1.165, 1.54) is 0 Å². The van der Waals surface area contributed by atoms with Crippen molar-refractivity contribution in [3.05, 3.63) is 63.0 Å². The van der Waals surface area contributed by atoms with E-state index < -0.39 is 5.69 Å². The van der Waals surface area contributed by atoms with Gasteiger partial charge in [0.25, 0.3) is 0 Å². The molecular formula is C23H23N9O2. The van der Waals surface area contributed by atoms with Gasteiger partial charge in [0.05, 0.1) is 17.8 Å². The van der Waals surface area contributed by atoms with Crippen LogP contribution in [-0.4, -0.2) is 52.5 Å². The van der Waals surface area contributed by atoms with Crippen LogP contribution in [-0.2, 0) is 7.05 Å². The van der Waals surface area contributed by atoms with Crippen molar-refractivity contribution in [2.75, 3.05) is 11.9 Å². The molecule has 0 atom stereocenters. The summed E-state index contributed by atoms with van der Waals surface area (Å²) in [7, 11) is 3.89. The van der Waals surface area contributed by atoms with Crippen LogP contribution in [0.5, 0.6) is 5.88 Å². The summed E-state index contributed by atoms with van der Waals surface area (Å²) in [6, 6.07) is 8.37. The van der Waals surface area contributed by atoms with Crippen LogP contribution in [0.3, 0.4) is 0 Å². The molecule has 0 radical (unpaired) electrons. The van der Waals surface area contributed by atoms with Gasteiger partial charge in [-0.2, -0.15) is 14.7 Å². The molecule has 1 aliphatic rings. The van der Waals surface area contributed by atoms with E-state index in [2.05, 4.69) is 26.2 Å². The van der Waals surface area contributed by atoms with Gasteiger partial charge in [-0.05, 0) is 44.0 Å². The SMILES string of the molecule is Cc1c2ccc(N(C)c3cc(=NC4CC4)n4ncc(=Cc5[nH]c(=O)[nH]c5O)c4n3)cc2nn1C. The molecule has 0 saturated heterocycles. The number of benzene rings is 1. The van der Waals surface area contributed by atoms with Gasteiger partial charge < -0.3 is 15.0 Å². The summed E-state index contributed by atoms with van der Waals surface area (Å²) in [5.41, 5.74) is 4.02. The van der Waals surface area contributed by atoms with Crippen molar-refractivity contribution >= 4 is 34.1 Å². The normalized spacial score (nSPS) is 15.1. The molecule has 0 bridgehead atoms. The van der Waals surface area contributed by atoms with E-state index in [0.29, 0.717) is 28.2 Å². The Balaban J connectivity index is 1.53. The Hall–Kier alpha value is -4.41. The van der Waals surface area contributed by atoms with Crippen molar-refractivity contribution < 1.29 is 5.11 Å². The van der Waals surface area contributed by atoms with E-state index in [-0.39, 0.29) is 11.6 Å². The van der Waals surface area contributed by atoms with Gasteiger partial charge in [0.15, 0.2) is 11.1 Å². The minimum Gasteiger partial charge on any atom is -0.493 e. The van der Waals surface area contributed by atoms with Crippen LogP contribution in [0.4, 0.5) is 11.5 Å². The Morgan fingerprint density at radius 3 is 2.82 bits per heavy atom. The standard InChI is InChI=1S/C23H23N9O2/c1-12-16-7-6-15(9-17(16)29-31(12)3)30(2)19-10-20(25-14-4-5-14)32-21(27-19)13(11-24-32)8-18-22(33)28-23(34)26-18/h6-11,14,33H,4-5H2,1-3H3,(H2,26,28,34). The number of fused-ring (bicyclic) bond motifs is 2. The highest BCUT2D eigenvalue weighted by atomic mass is 16.3. The largest absolute Gasteiger partial charge is 0.493 e. The van der Waals surface area contributed by atoms with Gasteiger partial charge in [0.2, 0.25) is 5.88 Å². The van der Waals surface area contributed by atoms with E-state index in [0.717, 1.165) is 35.1 Å². The lowest BCUT2D eigenvalue weighted by Crippen LogP contribution is -2.22. The van der Waals surface area contributed by atoms with Gasteiger partial charge in [-0.15, -0.1) is 0 Å². The van der Waals surface area contributed by atoms with Crippen LogP contribution < -0.4 is 21.3 Å². The van der Waals surface area contributed by atoms with Crippen molar-refractivity contribution in [2.24, 2.45) is 12.0 Å². The molecule has 11 heteroatoms. The zero-order valence-corrected chi connectivity index (χ0v) is 18.9. The Bertz CT molecular complexity index is 1750. The summed E-state index contributed by atoms with van der Waals surface area (Å²) >= 11 is 0. The van der Waals surface area contributed by atoms with E-state index in [9.17, 15) is 9.90 Å². The highest BCUT2D eigenvalue weighted by Gasteiger charge is 2.21. The molecule has 0 amide bonds. The maximum absolute atomic E-state index is 11.5. The first-order valence-electron chi connectivity index (χ1n) is 11.0. The minimum absolute atomic E-state index is 0.237. The molecule has 0 aliphatic heterocycles. The third-order valence-corrected chi connectivity index (χ3v) is 6.21. The number of nitrogens with zero attached hydrogens (tertiary/aromatic N) is 7. The molecular weight excluding hydrogens is 434 g/mol. The topological polar surface area (TPSA) is 132 Å². The van der Waals surface area contributed by atoms with Crippen molar-refractivity contribution in [1.82, 2.24) is 34.3 Å². The van der Waals surface area contributed by atoms with Gasteiger partial charge in [0, 0.05) is 42.1 Å². The minimum atomic E-state index is -0.488. The summed E-state index contributed by atoms with van der Waals surface area (Å²) in [5, 5.41) is 20.8. The number of hydrogen-bond donors (Lipinski definition) is 3. The summed E-state index contributed by atoms with van der Waals surface area (Å²) < 4.78 is 3.56. The van der Waals surface area contributed by atoms with Crippen molar-refractivity contribution in [3.8, 4) is 5.88 Å². The first-order valence-corrected chi connectivity index (χ1v) is 11.0. The summed E-state index contributed by atoms with van der Waals surface area (Å²) in [6.45, 7) is 2.05. The predicted molar refractivity (Wildman–Crippen MR) is 127 cm³/mol. The molecule has 1 aliphatic carbocycles. The molecule has 0 spiro atoms. The number of nitrogens with one attached hydrogen (secondary N) is 2. The maximum Gasteiger partial charge on any atom is 0.326 e. The maximum atomic E-state index is 11.5. The van der Waals surface area contributed by atoms with Crippen LogP contribution in [0.2, 0.25) is 0 Å². The molecule has 1 fully saturated rings. The Morgan fingerprint density at radius 1 is 1.26 bits per heavy atom. The smallest absolute Gasteiger partial charge is 0.326 e. The van der Waals surface area contributed by atoms with Gasteiger partial charge in [0.1, 0.15) is 11.5 Å². The van der Waals surface area contributed by atoms with Gasteiger partial charge >= 0.3 is 5.69 Å². The lowest BCUT2D eigenvalue weighted by Gasteiger charge is -2.18. The zero-order valence-electron chi connectivity index (χ0n) is 18.9. The highest BCUT2D eigenvalue weighted by Crippen LogP contribution is 2.27. The number of anilines is 2. The fourth-order valence-electron chi connectivity index (χ4n) is 4.02. The summed E-state index contributed by atoms with van der Waals surface area (Å²) in [5.74, 6) is 0.459. The number of imidazole rings is 1. The number of aromatic nitrogens is 7. The molecule has 5 aromatic rings. The van der Waals surface area contributed by atoms with E-state index in [4.69, 9.17) is 9.98 Å². The fraction of sp³-hybridized carbons (Fsp3) is 0.261. The van der Waals surface area contributed by atoms with Crippen LogP contribution in [0.15, 0.2) is 40.2 Å². The fourth-order valence-corrected chi connectivity index (χ4v) is 4.02. The molecule has 1 aromatic carbocycles. The van der Waals surface area contributed by atoms with Gasteiger partial charge in [-0.3, -0.25) is 14.7 Å². The molecule has 172 valence electrons. The number of H-pyrrole nitrogens is 2. The second kappa shape index (κ2) is 7.30. The number of hydrogen-bond acceptors (Lipinski definition) is 7. The van der Waals surface area contributed by atoms with Crippen LogP contribution in [0.1, 0.15) is 24.2 Å². The van der Waals surface area contributed by atoms with Gasteiger partial charge in [-0.25, -0.2) is 9.78 Å². The third kappa shape index (κ3) is 3.33. The summed E-state index contributed by atoms with van der Waals surface area (Å²) in [4.78, 5) is 28.1. The number of aryl methyl sites for hydroxylation is 2. The van der Waals surface area contributed by atoms with Crippen molar-refractivity contribution in [3.63, 3.8) is 0 Å². The van der Waals surface area contributed by atoms with E-state index in [1.807, 2.05) is 48.8 Å². The van der Waals surface area contributed by atoms with Crippen molar-refractivity contribution in [2.45, 2.75) is 25.8 Å². The molecule has 4 heterocycles. The quantitative estimate of drug-likeness (QED) is 0.369. The van der Waals surface area contributed by atoms with Crippen LogP contribution in [0, 0.1) is 6.92 Å². The first-order chi connectivity index (χ1) is 16.4. The van der Waals surface area contributed by atoms with E-state index >= 15 is 0 Å². The average molecular weight is 457 g/mol. The predicted octanol–water partition coefficient (Wildman–Crippen LogP) is 1.03. The highest BCUT2D eigenvalue weighted by molar-refractivity contribution is 5.85. The van der Waals surface area contributed by atoms with E-state index in [1.54, 1.807) is 16.8 Å². The molecule has 0 unspecified atom stereocenters. The molecule has 4 aromatic heterocycles. The average Bonchev–Trinajstić information content (AvgIpc) is 3.35. The molecule has 34 heavy (non-hydrogen) atoms.